The summed E-state index contributed by atoms with van der Waals surface area (Å²) in [7, 11) is -3.27. The zero-order valence-corrected chi connectivity index (χ0v) is 10.2. The third-order valence-electron chi connectivity index (χ3n) is 2.49. The van der Waals surface area contributed by atoms with Crippen LogP contribution in [0.3, 0.4) is 0 Å². The molecule has 15 heavy (non-hydrogen) atoms. The van der Waals surface area contributed by atoms with Crippen molar-refractivity contribution in [3.63, 3.8) is 0 Å². The van der Waals surface area contributed by atoms with Gasteiger partial charge in [-0.05, 0) is 13.0 Å². The molecule has 1 aliphatic rings. The van der Waals surface area contributed by atoms with E-state index in [-0.39, 0.29) is 11.8 Å². The fourth-order valence-corrected chi connectivity index (χ4v) is 2.98. The van der Waals surface area contributed by atoms with E-state index in [0.717, 1.165) is 13.0 Å². The van der Waals surface area contributed by atoms with Crippen LogP contribution in [0.2, 0.25) is 0 Å². The topological polar surface area (TPSA) is 60.9 Å². The Morgan fingerprint density at radius 1 is 1.20 bits per heavy atom. The Kier molecular flexibility index (Phi) is 5.28. The second-order valence-corrected chi connectivity index (χ2v) is 6.09. The highest BCUT2D eigenvalue weighted by molar-refractivity contribution is 7.90. The summed E-state index contributed by atoms with van der Waals surface area (Å²) in [6.07, 6.45) is 0.788. The number of alkyl halides is 1. The summed E-state index contributed by atoms with van der Waals surface area (Å²) >= 11 is 5.39. The van der Waals surface area contributed by atoms with Crippen LogP contribution in [-0.2, 0) is 10.0 Å². The smallest absolute Gasteiger partial charge is 0.228 e. The minimum atomic E-state index is -3.27. The summed E-state index contributed by atoms with van der Waals surface area (Å²) in [6.45, 7) is 3.20. The number of hydrogen-bond acceptors (Lipinski definition) is 4. The quantitative estimate of drug-likeness (QED) is 0.690. The highest BCUT2D eigenvalue weighted by atomic mass is 35.5. The minimum Gasteiger partial charge on any atom is -0.395 e. The molecule has 0 aromatic carbocycles. The standard InChI is InChI=1S/C8H17ClN2O3S/c9-8-15(13,14)11-3-1-2-10(4-5-11)6-7-12/h12H,1-8H2. The number of halogens is 1. The van der Waals surface area contributed by atoms with Crippen LogP contribution in [0.1, 0.15) is 6.42 Å². The normalized spacial score (nSPS) is 21.5. The molecular formula is C8H17ClN2O3S. The number of hydrogen-bond donors (Lipinski definition) is 1. The molecule has 0 atom stereocenters. The largest absolute Gasteiger partial charge is 0.395 e. The van der Waals surface area contributed by atoms with Gasteiger partial charge in [-0.2, -0.15) is 4.31 Å². The van der Waals surface area contributed by atoms with Crippen LogP contribution in [0.25, 0.3) is 0 Å². The average Bonchev–Trinajstić information content (AvgIpc) is 2.44. The Hall–Kier alpha value is 0.120. The van der Waals surface area contributed by atoms with Gasteiger partial charge in [0, 0.05) is 26.2 Å². The van der Waals surface area contributed by atoms with E-state index >= 15 is 0 Å². The van der Waals surface area contributed by atoms with Crippen molar-refractivity contribution in [1.82, 2.24) is 9.21 Å². The summed E-state index contributed by atoms with van der Waals surface area (Å²) in [5.74, 6) is 0. The predicted molar refractivity (Wildman–Crippen MR) is 59.4 cm³/mol. The van der Waals surface area contributed by atoms with E-state index < -0.39 is 10.0 Å². The second-order valence-electron chi connectivity index (χ2n) is 3.54. The van der Waals surface area contributed by atoms with Gasteiger partial charge < -0.3 is 5.11 Å². The van der Waals surface area contributed by atoms with Crippen molar-refractivity contribution in [3.05, 3.63) is 0 Å². The first-order valence-corrected chi connectivity index (χ1v) is 7.11. The molecular weight excluding hydrogens is 240 g/mol. The number of nitrogens with zero attached hydrogens (tertiary/aromatic N) is 2. The van der Waals surface area contributed by atoms with E-state index in [1.54, 1.807) is 0 Å². The monoisotopic (exact) mass is 256 g/mol. The fraction of sp³-hybridized carbons (Fsp3) is 1.00. The van der Waals surface area contributed by atoms with Gasteiger partial charge >= 0.3 is 0 Å². The van der Waals surface area contributed by atoms with E-state index in [9.17, 15) is 8.42 Å². The van der Waals surface area contributed by atoms with Gasteiger partial charge in [0.2, 0.25) is 10.0 Å². The molecule has 1 rings (SSSR count). The van der Waals surface area contributed by atoms with Gasteiger partial charge in [0.15, 0.2) is 0 Å². The molecule has 0 spiro atoms. The van der Waals surface area contributed by atoms with Gasteiger partial charge in [0.1, 0.15) is 5.21 Å². The van der Waals surface area contributed by atoms with Gasteiger partial charge in [-0.3, -0.25) is 4.90 Å². The van der Waals surface area contributed by atoms with Crippen LogP contribution in [0, 0.1) is 0 Å². The fourth-order valence-electron chi connectivity index (χ4n) is 1.66. The van der Waals surface area contributed by atoms with E-state index in [2.05, 4.69) is 4.90 Å². The maximum Gasteiger partial charge on any atom is 0.228 e. The Balaban J connectivity index is 2.53. The van der Waals surface area contributed by atoms with Crippen molar-refractivity contribution in [2.45, 2.75) is 6.42 Å². The van der Waals surface area contributed by atoms with Crippen molar-refractivity contribution < 1.29 is 13.5 Å². The van der Waals surface area contributed by atoms with Crippen LogP contribution in [0.15, 0.2) is 0 Å². The third kappa shape index (κ3) is 3.88. The molecule has 0 radical (unpaired) electrons. The SMILES string of the molecule is O=S(=O)(CCl)N1CCCN(CCO)CC1. The zero-order valence-electron chi connectivity index (χ0n) is 8.60. The summed E-state index contributed by atoms with van der Waals surface area (Å²) in [6, 6.07) is 0. The molecule has 0 aliphatic carbocycles. The number of rotatable bonds is 4. The first-order chi connectivity index (χ1) is 7.10. The van der Waals surface area contributed by atoms with Crippen molar-refractivity contribution in [3.8, 4) is 0 Å². The van der Waals surface area contributed by atoms with E-state index in [0.29, 0.717) is 26.2 Å². The molecule has 90 valence electrons. The van der Waals surface area contributed by atoms with Gasteiger partial charge in [0.05, 0.1) is 6.61 Å². The number of β-amino-alcohol motifs (C(OH)–C–C–N with tert-alkyl or cyclic N) is 1. The first-order valence-electron chi connectivity index (χ1n) is 4.97. The molecule has 1 N–H and O–H groups in total. The molecule has 0 unspecified atom stereocenters. The van der Waals surface area contributed by atoms with Crippen LogP contribution in [0.5, 0.6) is 0 Å². The van der Waals surface area contributed by atoms with E-state index in [4.69, 9.17) is 16.7 Å². The molecule has 1 heterocycles. The summed E-state index contributed by atoms with van der Waals surface area (Å²) in [4.78, 5) is 2.06. The van der Waals surface area contributed by atoms with Crippen molar-refractivity contribution in [2.75, 3.05) is 44.5 Å². The Bertz CT molecular complexity index is 284. The molecule has 0 bridgehead atoms. The Morgan fingerprint density at radius 3 is 2.53 bits per heavy atom. The lowest BCUT2D eigenvalue weighted by Crippen LogP contribution is -2.36. The van der Waals surface area contributed by atoms with Gasteiger partial charge in [-0.25, -0.2) is 8.42 Å². The molecule has 0 saturated carbocycles. The number of aliphatic hydroxyl groups excluding tert-OH is 1. The van der Waals surface area contributed by atoms with E-state index in [1.807, 2.05) is 0 Å². The maximum absolute atomic E-state index is 11.5. The second kappa shape index (κ2) is 6.00. The number of sulfonamides is 1. The molecule has 1 fully saturated rings. The minimum absolute atomic E-state index is 0.113. The van der Waals surface area contributed by atoms with E-state index in [1.165, 1.54) is 4.31 Å². The van der Waals surface area contributed by atoms with Crippen LogP contribution < -0.4 is 0 Å². The van der Waals surface area contributed by atoms with Crippen molar-refractivity contribution in [1.29, 1.82) is 0 Å². The summed E-state index contributed by atoms with van der Waals surface area (Å²) in [5, 5.41) is 8.43. The average molecular weight is 257 g/mol. The molecule has 1 saturated heterocycles. The highest BCUT2D eigenvalue weighted by Crippen LogP contribution is 2.09. The van der Waals surface area contributed by atoms with Crippen LogP contribution in [0.4, 0.5) is 0 Å². The molecule has 1 aliphatic heterocycles. The van der Waals surface area contributed by atoms with Crippen molar-refractivity contribution in [2.24, 2.45) is 0 Å². The molecule has 0 aromatic heterocycles. The van der Waals surface area contributed by atoms with Crippen LogP contribution >= 0.6 is 11.6 Å². The van der Waals surface area contributed by atoms with Gasteiger partial charge in [-0.1, -0.05) is 0 Å². The Labute approximate surface area is 95.7 Å². The third-order valence-corrected chi connectivity index (χ3v) is 4.75. The first kappa shape index (κ1) is 13.2. The predicted octanol–water partition coefficient (Wildman–Crippen LogP) is -0.488. The lowest BCUT2D eigenvalue weighted by atomic mass is 10.4. The molecule has 7 heteroatoms. The van der Waals surface area contributed by atoms with Gasteiger partial charge in [0.25, 0.3) is 0 Å². The lowest BCUT2D eigenvalue weighted by molar-refractivity contribution is 0.202. The molecule has 5 nitrogen and oxygen atoms in total. The lowest BCUT2D eigenvalue weighted by Gasteiger charge is -2.19. The molecule has 0 aromatic rings. The maximum atomic E-state index is 11.5. The van der Waals surface area contributed by atoms with Crippen LogP contribution in [-0.4, -0.2) is 67.3 Å². The summed E-state index contributed by atoms with van der Waals surface area (Å²) < 4.78 is 24.4. The summed E-state index contributed by atoms with van der Waals surface area (Å²) in [5.41, 5.74) is 0. The zero-order chi connectivity index (χ0) is 11.3. The highest BCUT2D eigenvalue weighted by Gasteiger charge is 2.23. The molecule has 0 amide bonds. The Morgan fingerprint density at radius 2 is 1.93 bits per heavy atom. The van der Waals surface area contributed by atoms with Gasteiger partial charge in [-0.15, -0.1) is 11.6 Å². The van der Waals surface area contributed by atoms with Crippen molar-refractivity contribution >= 4 is 21.6 Å². The number of aliphatic hydroxyl groups is 1.